The summed E-state index contributed by atoms with van der Waals surface area (Å²) in [5.41, 5.74) is 10.5. The minimum Gasteiger partial charge on any atom is -0.355 e. The van der Waals surface area contributed by atoms with Crippen molar-refractivity contribution in [1.82, 2.24) is 0 Å². The number of anilines is 4. The van der Waals surface area contributed by atoms with E-state index in [4.69, 9.17) is 0 Å². The molecule has 35 heavy (non-hydrogen) atoms. The molecule has 0 aliphatic carbocycles. The van der Waals surface area contributed by atoms with Gasteiger partial charge in [0.1, 0.15) is 0 Å². The van der Waals surface area contributed by atoms with Crippen molar-refractivity contribution in [1.29, 1.82) is 0 Å². The maximum absolute atomic E-state index is 3.70. The first-order valence-corrected chi connectivity index (χ1v) is 12.2. The predicted octanol–water partition coefficient (Wildman–Crippen LogP) is 9.63. The second-order valence-electron chi connectivity index (χ2n) is 9.03. The number of hydrogen-bond donors (Lipinski definition) is 2. The fourth-order valence-corrected chi connectivity index (χ4v) is 4.49. The second-order valence-corrected chi connectivity index (χ2v) is 9.03. The Hall–Kier alpha value is -4.30. The summed E-state index contributed by atoms with van der Waals surface area (Å²) < 4.78 is 0. The first kappa shape index (κ1) is 22.5. The lowest BCUT2D eigenvalue weighted by molar-refractivity contribution is 0.869. The minimum absolute atomic E-state index is 0.403. The third-order valence-corrected chi connectivity index (χ3v) is 6.24. The molecule has 0 radical (unpaired) electrons. The summed E-state index contributed by atoms with van der Waals surface area (Å²) in [4.78, 5) is 0. The molecule has 172 valence electrons. The Morgan fingerprint density at radius 2 is 1.00 bits per heavy atom. The maximum Gasteiger partial charge on any atom is 0.0464 e. The Labute approximate surface area is 208 Å². The van der Waals surface area contributed by atoms with E-state index in [1.54, 1.807) is 0 Å². The van der Waals surface area contributed by atoms with Crippen LogP contribution in [-0.4, -0.2) is 0 Å². The predicted molar refractivity (Wildman–Crippen MR) is 151 cm³/mol. The zero-order valence-electron chi connectivity index (χ0n) is 20.2. The Bertz CT molecular complexity index is 1410. The van der Waals surface area contributed by atoms with Crippen LogP contribution >= 0.6 is 0 Å². The monoisotopic (exact) mass is 454 g/mol. The molecular formula is C33H30N2. The maximum atomic E-state index is 3.70. The molecule has 0 saturated carbocycles. The number of para-hydroxylation sites is 3. The van der Waals surface area contributed by atoms with Crippen LogP contribution in [0.2, 0.25) is 0 Å². The van der Waals surface area contributed by atoms with E-state index in [-0.39, 0.29) is 0 Å². The van der Waals surface area contributed by atoms with Crippen molar-refractivity contribution in [3.05, 3.63) is 133 Å². The van der Waals surface area contributed by atoms with Gasteiger partial charge >= 0.3 is 0 Å². The molecule has 0 spiro atoms. The van der Waals surface area contributed by atoms with Gasteiger partial charge in [0.15, 0.2) is 0 Å². The Morgan fingerprint density at radius 1 is 0.457 bits per heavy atom. The normalized spacial score (nSPS) is 10.8. The third kappa shape index (κ3) is 5.12. The summed E-state index contributed by atoms with van der Waals surface area (Å²) in [6.45, 7) is 4.51. The van der Waals surface area contributed by atoms with Crippen LogP contribution in [0.5, 0.6) is 0 Å². The molecule has 0 aromatic heterocycles. The van der Waals surface area contributed by atoms with E-state index in [0.29, 0.717) is 5.92 Å². The van der Waals surface area contributed by atoms with Crippen LogP contribution in [0.1, 0.15) is 25.3 Å². The van der Waals surface area contributed by atoms with Gasteiger partial charge in [-0.1, -0.05) is 105 Å². The molecular weight excluding hydrogens is 424 g/mol. The van der Waals surface area contributed by atoms with Crippen molar-refractivity contribution in [2.24, 2.45) is 0 Å². The molecule has 5 aromatic carbocycles. The standard InChI is InChI=1S/C33H30N2/c1-24(2)28-22-21-27(35-32-19-11-9-17-29(32)25-13-5-3-6-14-25)23-31(28)30-18-10-12-20-33(30)34-26-15-7-4-8-16-26/h3-24,34-35H,1-2H3. The molecule has 2 heteroatoms. The quantitative estimate of drug-likeness (QED) is 0.256. The average molecular weight is 455 g/mol. The minimum atomic E-state index is 0.403. The molecule has 0 unspecified atom stereocenters. The second kappa shape index (κ2) is 10.3. The highest BCUT2D eigenvalue weighted by Crippen LogP contribution is 2.38. The molecule has 0 bridgehead atoms. The lowest BCUT2D eigenvalue weighted by Gasteiger charge is -2.20. The van der Waals surface area contributed by atoms with Crippen LogP contribution in [0.25, 0.3) is 22.3 Å². The number of hydrogen-bond acceptors (Lipinski definition) is 2. The first-order chi connectivity index (χ1) is 17.2. The van der Waals surface area contributed by atoms with Crippen molar-refractivity contribution in [3.8, 4) is 22.3 Å². The lowest BCUT2D eigenvalue weighted by atomic mass is 9.91. The summed E-state index contributed by atoms with van der Waals surface area (Å²) in [7, 11) is 0. The van der Waals surface area contributed by atoms with Gasteiger partial charge in [-0.2, -0.15) is 0 Å². The summed E-state index contributed by atoms with van der Waals surface area (Å²) in [5, 5.41) is 7.31. The van der Waals surface area contributed by atoms with Gasteiger partial charge in [-0.3, -0.25) is 0 Å². The van der Waals surface area contributed by atoms with Crippen LogP contribution in [0.3, 0.4) is 0 Å². The van der Waals surface area contributed by atoms with Crippen LogP contribution < -0.4 is 10.6 Å². The largest absolute Gasteiger partial charge is 0.355 e. The zero-order chi connectivity index (χ0) is 24.0. The zero-order valence-corrected chi connectivity index (χ0v) is 20.2. The van der Waals surface area contributed by atoms with Crippen LogP contribution in [0.4, 0.5) is 22.7 Å². The first-order valence-electron chi connectivity index (χ1n) is 12.2. The Kier molecular flexibility index (Phi) is 6.63. The highest BCUT2D eigenvalue weighted by molar-refractivity contribution is 5.86. The van der Waals surface area contributed by atoms with Crippen molar-refractivity contribution in [3.63, 3.8) is 0 Å². The molecule has 5 rings (SSSR count). The smallest absolute Gasteiger partial charge is 0.0464 e. The van der Waals surface area contributed by atoms with E-state index < -0.39 is 0 Å². The molecule has 2 N–H and O–H groups in total. The summed E-state index contributed by atoms with van der Waals surface area (Å²) in [5.74, 6) is 0.403. The van der Waals surface area contributed by atoms with Gasteiger partial charge in [-0.05, 0) is 59.0 Å². The molecule has 5 aromatic rings. The van der Waals surface area contributed by atoms with Gasteiger partial charge in [0.2, 0.25) is 0 Å². The molecule has 0 aliphatic rings. The number of nitrogens with one attached hydrogen (secondary N) is 2. The van der Waals surface area contributed by atoms with E-state index in [2.05, 4.69) is 146 Å². The van der Waals surface area contributed by atoms with Gasteiger partial charge in [0, 0.05) is 33.9 Å². The molecule has 0 heterocycles. The Balaban J connectivity index is 1.55. The van der Waals surface area contributed by atoms with Gasteiger partial charge in [-0.25, -0.2) is 0 Å². The van der Waals surface area contributed by atoms with Crippen molar-refractivity contribution >= 4 is 22.7 Å². The topological polar surface area (TPSA) is 24.1 Å². The molecule has 0 atom stereocenters. The van der Waals surface area contributed by atoms with Crippen LogP contribution in [0, 0.1) is 0 Å². The van der Waals surface area contributed by atoms with Crippen LogP contribution in [-0.2, 0) is 0 Å². The molecule has 0 aliphatic heterocycles. The molecule has 2 nitrogen and oxygen atoms in total. The molecule has 0 saturated heterocycles. The van der Waals surface area contributed by atoms with Crippen LogP contribution in [0.15, 0.2) is 127 Å². The van der Waals surface area contributed by atoms with E-state index in [1.165, 1.54) is 27.8 Å². The SMILES string of the molecule is CC(C)c1ccc(Nc2ccccc2-c2ccccc2)cc1-c1ccccc1Nc1ccccc1. The van der Waals surface area contributed by atoms with Crippen molar-refractivity contribution in [2.75, 3.05) is 10.6 Å². The third-order valence-electron chi connectivity index (χ3n) is 6.24. The van der Waals surface area contributed by atoms with Gasteiger partial charge in [0.05, 0.1) is 0 Å². The van der Waals surface area contributed by atoms with E-state index in [1.807, 2.05) is 6.07 Å². The van der Waals surface area contributed by atoms with Gasteiger partial charge < -0.3 is 10.6 Å². The molecule has 0 fully saturated rings. The van der Waals surface area contributed by atoms with Gasteiger partial charge in [0.25, 0.3) is 0 Å². The van der Waals surface area contributed by atoms with Gasteiger partial charge in [-0.15, -0.1) is 0 Å². The Morgan fingerprint density at radius 3 is 1.69 bits per heavy atom. The van der Waals surface area contributed by atoms with E-state index in [9.17, 15) is 0 Å². The summed E-state index contributed by atoms with van der Waals surface area (Å²) >= 11 is 0. The highest BCUT2D eigenvalue weighted by Gasteiger charge is 2.14. The number of benzene rings is 5. The highest BCUT2D eigenvalue weighted by atomic mass is 14.9. The lowest BCUT2D eigenvalue weighted by Crippen LogP contribution is -1.99. The fraction of sp³-hybridized carbons (Fsp3) is 0.0909. The fourth-order valence-electron chi connectivity index (χ4n) is 4.49. The van der Waals surface area contributed by atoms with Crippen molar-refractivity contribution in [2.45, 2.75) is 19.8 Å². The van der Waals surface area contributed by atoms with E-state index in [0.717, 1.165) is 22.7 Å². The summed E-state index contributed by atoms with van der Waals surface area (Å²) in [6.07, 6.45) is 0. The number of rotatable bonds is 7. The van der Waals surface area contributed by atoms with E-state index >= 15 is 0 Å². The molecule has 0 amide bonds. The summed E-state index contributed by atoms with van der Waals surface area (Å²) in [6, 6.07) is 44.6. The van der Waals surface area contributed by atoms with Crippen molar-refractivity contribution < 1.29 is 0 Å². The average Bonchev–Trinajstić information content (AvgIpc) is 2.90.